The molecule has 4 aromatic rings. The van der Waals surface area contributed by atoms with Crippen LogP contribution < -0.4 is 15.0 Å². The number of likely N-dealkylation sites (tertiary alicyclic amines) is 1. The van der Waals surface area contributed by atoms with E-state index in [1.54, 1.807) is 41.3 Å². The first kappa shape index (κ1) is 26.0. The second-order valence-electron chi connectivity index (χ2n) is 9.98. The lowest BCUT2D eigenvalue weighted by atomic mass is 10.0. The molecule has 2 fully saturated rings. The minimum Gasteiger partial charge on any atom is -0.466 e. The number of nitrogens with zero attached hydrogens (tertiary/aromatic N) is 7. The molecule has 6 rings (SSSR count). The third-order valence-electron chi connectivity index (χ3n) is 7.79. The van der Waals surface area contributed by atoms with Gasteiger partial charge in [-0.15, -0.1) is 4.37 Å². The quantitative estimate of drug-likeness (QED) is 0.364. The van der Waals surface area contributed by atoms with Gasteiger partial charge in [0.1, 0.15) is 6.07 Å². The van der Waals surface area contributed by atoms with Crippen molar-refractivity contribution < 1.29 is 17.9 Å². The van der Waals surface area contributed by atoms with E-state index in [1.165, 1.54) is 23.5 Å². The van der Waals surface area contributed by atoms with E-state index in [1.807, 2.05) is 7.05 Å². The summed E-state index contributed by atoms with van der Waals surface area (Å²) in [6.07, 6.45) is 4.62. The van der Waals surface area contributed by atoms with E-state index in [2.05, 4.69) is 30.6 Å². The van der Waals surface area contributed by atoms with E-state index in [-0.39, 0.29) is 28.6 Å². The van der Waals surface area contributed by atoms with Crippen molar-refractivity contribution in [3.8, 4) is 12.1 Å². The van der Waals surface area contributed by atoms with Gasteiger partial charge in [-0.1, -0.05) is 18.2 Å². The number of rotatable bonds is 6. The normalized spacial score (nSPS) is 20.3. The van der Waals surface area contributed by atoms with Crippen LogP contribution in [0.3, 0.4) is 0 Å². The van der Waals surface area contributed by atoms with Gasteiger partial charge < -0.3 is 14.5 Å². The number of hydrogen-bond acceptors (Lipinski definition) is 10. The van der Waals surface area contributed by atoms with Gasteiger partial charge in [0.05, 0.1) is 23.3 Å². The predicted molar refractivity (Wildman–Crippen MR) is 149 cm³/mol. The number of carbonyl (C=O) groups is 1. The first-order valence-corrected chi connectivity index (χ1v) is 14.9. The summed E-state index contributed by atoms with van der Waals surface area (Å²) in [6, 6.07) is 12.3. The number of nitrogens with one attached hydrogen (secondary N) is 1. The molecule has 0 radical (unpaired) electrons. The van der Waals surface area contributed by atoms with Crippen molar-refractivity contribution in [2.24, 2.45) is 11.8 Å². The third-order valence-corrected chi connectivity index (χ3v) is 10.1. The number of ether oxygens (including phenoxy) is 1. The van der Waals surface area contributed by atoms with Gasteiger partial charge >= 0.3 is 12.0 Å². The highest BCUT2D eigenvalue weighted by atomic mass is 32.2. The van der Waals surface area contributed by atoms with Crippen LogP contribution in [0.25, 0.3) is 11.0 Å². The largest absolute Gasteiger partial charge is 0.466 e. The monoisotopic (exact) mass is 578 g/mol. The van der Waals surface area contributed by atoms with Gasteiger partial charge in [0.2, 0.25) is 5.13 Å². The highest BCUT2D eigenvalue weighted by Crippen LogP contribution is 2.43. The Labute approximate surface area is 235 Å². The Balaban J connectivity index is 1.21. The Morgan fingerprint density at radius 1 is 1.20 bits per heavy atom. The highest BCUT2D eigenvalue weighted by Gasteiger charge is 2.44. The van der Waals surface area contributed by atoms with Crippen LogP contribution in [-0.4, -0.2) is 71.0 Å². The second kappa shape index (κ2) is 10.1. The van der Waals surface area contributed by atoms with Crippen LogP contribution in [0, 0.1) is 23.2 Å². The van der Waals surface area contributed by atoms with Crippen molar-refractivity contribution in [3.63, 3.8) is 0 Å². The molecule has 3 atom stereocenters. The van der Waals surface area contributed by atoms with Crippen LogP contribution >= 0.6 is 11.5 Å². The summed E-state index contributed by atoms with van der Waals surface area (Å²) in [7, 11) is -0.442. The first-order chi connectivity index (χ1) is 19.3. The van der Waals surface area contributed by atoms with Crippen LogP contribution in [-0.2, 0) is 10.0 Å². The van der Waals surface area contributed by atoms with E-state index < -0.39 is 10.0 Å². The van der Waals surface area contributed by atoms with Gasteiger partial charge in [-0.05, 0) is 42.9 Å². The fourth-order valence-electron chi connectivity index (χ4n) is 5.86. The number of benzene rings is 1. The summed E-state index contributed by atoms with van der Waals surface area (Å²) in [5.41, 5.74) is 1.33. The molecule has 1 saturated carbocycles. The van der Waals surface area contributed by atoms with E-state index in [4.69, 9.17) is 4.74 Å². The number of pyridine rings is 1. The van der Waals surface area contributed by atoms with Gasteiger partial charge in [0.25, 0.3) is 10.0 Å². The fraction of sp³-hybridized carbons (Fsp3) is 0.346. The maximum absolute atomic E-state index is 13.3. The maximum Gasteiger partial charge on any atom is 0.329 e. The number of hydrogen-bond donors (Lipinski definition) is 1. The lowest BCUT2D eigenvalue weighted by molar-refractivity contribution is 0.218. The van der Waals surface area contributed by atoms with Gasteiger partial charge in [-0.2, -0.15) is 10.2 Å². The molecule has 0 bridgehead atoms. The molecule has 1 aliphatic carbocycles. The number of carbonyl (C=O) groups excluding carboxylic acids is 1. The average Bonchev–Trinajstić information content (AvgIpc) is 3.75. The summed E-state index contributed by atoms with van der Waals surface area (Å²) in [5.74, 6) is 0.626. The Morgan fingerprint density at radius 2 is 1.93 bits per heavy atom. The number of methoxy groups -OCH3 is 1. The molecule has 1 saturated heterocycles. The predicted octanol–water partition coefficient (Wildman–Crippen LogP) is 3.38. The zero-order valence-electron chi connectivity index (χ0n) is 21.8. The lowest BCUT2D eigenvalue weighted by Crippen LogP contribution is -2.36. The summed E-state index contributed by atoms with van der Waals surface area (Å²) in [4.78, 5) is 25.3. The zero-order valence-corrected chi connectivity index (χ0v) is 23.4. The van der Waals surface area contributed by atoms with Gasteiger partial charge in [0.15, 0.2) is 5.65 Å². The molecule has 206 valence electrons. The van der Waals surface area contributed by atoms with E-state index in [0.717, 1.165) is 24.4 Å². The molecule has 1 N–H and O–H groups in total. The first-order valence-electron chi connectivity index (χ1n) is 12.7. The molecule has 4 heterocycles. The standard InChI is InChI=1S/C26H26N8O4S2/c1-32(19-10-16-14-33(15-17(16)11-19)26(35)30-25-29-24(38-2)31-39-25)22-18(12-27)13-28-23-21(22)8-9-34(23)40(36,37)20-6-4-3-5-7-20/h3-9,13,16-17,19H,10-11,14-15H2,1-2H3,(H,29,30,31,35)/t16-,17?,19?/m1/s1. The fourth-order valence-corrected chi connectivity index (χ4v) is 7.71. The molecule has 12 nitrogen and oxygen atoms in total. The van der Waals surface area contributed by atoms with Crippen molar-refractivity contribution in [2.45, 2.75) is 23.8 Å². The van der Waals surface area contributed by atoms with Crippen molar-refractivity contribution in [3.05, 3.63) is 54.4 Å². The van der Waals surface area contributed by atoms with Crippen LogP contribution in [0.5, 0.6) is 6.01 Å². The Bertz CT molecular complexity index is 1720. The minimum atomic E-state index is -3.86. The number of amides is 2. The smallest absolute Gasteiger partial charge is 0.329 e. The molecule has 2 amide bonds. The molecule has 2 unspecified atom stereocenters. The Morgan fingerprint density at radius 3 is 2.58 bits per heavy atom. The molecular formula is C26H26N8O4S2. The molecule has 1 aliphatic heterocycles. The van der Waals surface area contributed by atoms with E-state index in [0.29, 0.717) is 46.7 Å². The molecule has 14 heteroatoms. The van der Waals surface area contributed by atoms with Crippen molar-refractivity contribution in [2.75, 3.05) is 37.5 Å². The number of nitriles is 1. The molecule has 0 spiro atoms. The lowest BCUT2D eigenvalue weighted by Gasteiger charge is -2.29. The Hall–Kier alpha value is -4.22. The molecule has 2 aliphatic rings. The molecule has 40 heavy (non-hydrogen) atoms. The number of aromatic nitrogens is 4. The number of urea groups is 1. The van der Waals surface area contributed by atoms with E-state index >= 15 is 0 Å². The van der Waals surface area contributed by atoms with Crippen LogP contribution in [0.15, 0.2) is 53.7 Å². The van der Waals surface area contributed by atoms with Crippen molar-refractivity contribution in [1.29, 1.82) is 5.26 Å². The molecule has 1 aromatic carbocycles. The van der Waals surface area contributed by atoms with Gasteiger partial charge in [0, 0.05) is 55.5 Å². The van der Waals surface area contributed by atoms with Crippen molar-refractivity contribution >= 4 is 49.4 Å². The molecule has 3 aromatic heterocycles. The topological polar surface area (TPSA) is 146 Å². The average molecular weight is 579 g/mol. The Kier molecular flexibility index (Phi) is 6.55. The summed E-state index contributed by atoms with van der Waals surface area (Å²) >= 11 is 1.07. The number of anilines is 2. The summed E-state index contributed by atoms with van der Waals surface area (Å²) in [5, 5.41) is 13.7. The van der Waals surface area contributed by atoms with Gasteiger partial charge in [-0.3, -0.25) is 5.32 Å². The van der Waals surface area contributed by atoms with Crippen molar-refractivity contribution in [1.82, 2.24) is 23.2 Å². The van der Waals surface area contributed by atoms with Crippen LogP contribution in [0.4, 0.5) is 15.6 Å². The van der Waals surface area contributed by atoms with Crippen LogP contribution in [0.1, 0.15) is 18.4 Å². The zero-order chi connectivity index (χ0) is 28.0. The highest BCUT2D eigenvalue weighted by molar-refractivity contribution is 7.90. The minimum absolute atomic E-state index is 0.124. The van der Waals surface area contributed by atoms with Gasteiger partial charge in [-0.25, -0.2) is 22.2 Å². The SMILES string of the molecule is COc1nsc(NC(=O)N2CC3CC(N(C)c4c(C#N)cnc5c4ccn5S(=O)(=O)c4ccccc4)C[C@@H]3C2)n1. The summed E-state index contributed by atoms with van der Waals surface area (Å²) in [6.45, 7) is 1.25. The summed E-state index contributed by atoms with van der Waals surface area (Å²) < 4.78 is 36.8. The second-order valence-corrected chi connectivity index (χ2v) is 12.5. The van der Waals surface area contributed by atoms with Crippen LogP contribution in [0.2, 0.25) is 0 Å². The molecular weight excluding hydrogens is 552 g/mol. The van der Waals surface area contributed by atoms with E-state index in [9.17, 15) is 18.5 Å². The third kappa shape index (κ3) is 4.40. The maximum atomic E-state index is 13.3. The number of fused-ring (bicyclic) bond motifs is 2.